The molecular weight excluding hydrogens is 632 g/mol. The van der Waals surface area contributed by atoms with E-state index in [1.807, 2.05) is 60.7 Å². The van der Waals surface area contributed by atoms with Crippen LogP contribution in [0.25, 0.3) is 11.1 Å². The zero-order valence-electron chi connectivity index (χ0n) is 26.5. The van der Waals surface area contributed by atoms with E-state index in [1.165, 1.54) is 31.4 Å². The Kier molecular flexibility index (Phi) is 7.34. The van der Waals surface area contributed by atoms with Crippen LogP contribution in [0.4, 0.5) is 0 Å². The third-order valence-corrected chi connectivity index (χ3v) is 9.14. The number of carbonyl (C=O) groups excluding carboxylic acids is 4. The Labute approximate surface area is 286 Å². The fourth-order valence-electron chi connectivity index (χ4n) is 6.98. The van der Waals surface area contributed by atoms with Crippen molar-refractivity contribution >= 4 is 24.2 Å². The predicted octanol–water partition coefficient (Wildman–Crippen LogP) is 8.54. The molecule has 8 nitrogen and oxygen atoms in total. The average molecular weight is 659 g/mol. The van der Waals surface area contributed by atoms with E-state index in [9.17, 15) is 19.2 Å². The van der Waals surface area contributed by atoms with Crippen molar-refractivity contribution in [3.05, 3.63) is 178 Å². The van der Waals surface area contributed by atoms with Crippen LogP contribution in [0.1, 0.15) is 63.7 Å². The van der Waals surface area contributed by atoms with Crippen molar-refractivity contribution in [3.63, 3.8) is 0 Å². The molecule has 0 N–H and O–H groups in total. The average Bonchev–Trinajstić information content (AvgIpc) is 3.61. The molecule has 0 spiro atoms. The number of aldehydes is 1. The molecule has 1 aliphatic heterocycles. The van der Waals surface area contributed by atoms with Crippen molar-refractivity contribution < 1.29 is 38.1 Å². The summed E-state index contributed by atoms with van der Waals surface area (Å²) in [5.74, 6) is -0.208. The number of hydrogen-bond acceptors (Lipinski definition) is 8. The first kappa shape index (κ1) is 30.5. The largest absolute Gasteiger partial charge is 0.465 e. The van der Waals surface area contributed by atoms with Crippen LogP contribution in [0.3, 0.4) is 0 Å². The first-order valence-corrected chi connectivity index (χ1v) is 15.7. The minimum atomic E-state index is -0.707. The lowest BCUT2D eigenvalue weighted by Crippen LogP contribution is -2.28. The van der Waals surface area contributed by atoms with E-state index in [2.05, 4.69) is 36.4 Å². The van der Waals surface area contributed by atoms with Gasteiger partial charge in [0.25, 0.3) is 0 Å². The maximum Gasteiger partial charge on any atom is 0.347 e. The molecule has 0 radical (unpaired) electrons. The van der Waals surface area contributed by atoms with E-state index in [4.69, 9.17) is 18.9 Å². The molecule has 6 aromatic rings. The summed E-state index contributed by atoms with van der Waals surface area (Å²) >= 11 is 0. The Morgan fingerprint density at radius 3 is 1.60 bits per heavy atom. The van der Waals surface area contributed by atoms with Gasteiger partial charge in [-0.2, -0.15) is 0 Å². The summed E-state index contributed by atoms with van der Waals surface area (Å²) in [5, 5.41) is 0. The lowest BCUT2D eigenvalue weighted by Gasteiger charge is -2.34. The molecule has 0 saturated carbocycles. The highest BCUT2D eigenvalue weighted by molar-refractivity contribution is 6.14. The topological polar surface area (TPSA) is 105 Å². The summed E-state index contributed by atoms with van der Waals surface area (Å²) in [6.07, 6.45) is 0.593. The summed E-state index contributed by atoms with van der Waals surface area (Å²) in [6.45, 7) is 0. The number of carbonyl (C=O) groups is 4. The molecule has 6 aromatic carbocycles. The smallest absolute Gasteiger partial charge is 0.347 e. The monoisotopic (exact) mass is 658 g/mol. The van der Waals surface area contributed by atoms with Crippen LogP contribution in [0, 0.1) is 0 Å². The summed E-state index contributed by atoms with van der Waals surface area (Å²) in [4.78, 5) is 48.2. The van der Waals surface area contributed by atoms with E-state index in [1.54, 1.807) is 12.1 Å². The third-order valence-electron chi connectivity index (χ3n) is 9.14. The third kappa shape index (κ3) is 4.85. The van der Waals surface area contributed by atoms with Crippen LogP contribution in [0.15, 0.2) is 133 Å². The number of ether oxygens (including phenoxy) is 4. The van der Waals surface area contributed by atoms with Crippen molar-refractivity contribution in [1.82, 2.24) is 0 Å². The van der Waals surface area contributed by atoms with Crippen LogP contribution in [0.5, 0.6) is 23.0 Å². The fraction of sp³-hybridized carbons (Fsp3) is 0.0476. The second-order valence-corrected chi connectivity index (χ2v) is 11.8. The lowest BCUT2D eigenvalue weighted by atomic mass is 9.68. The molecule has 2 aliphatic rings. The lowest BCUT2D eigenvalue weighted by molar-refractivity contribution is 0.0442. The summed E-state index contributed by atoms with van der Waals surface area (Å²) in [7, 11) is 1.26. The summed E-state index contributed by atoms with van der Waals surface area (Å²) in [5.41, 5.74) is 5.99. The molecule has 0 aromatic heterocycles. The van der Waals surface area contributed by atoms with Gasteiger partial charge in [-0.15, -0.1) is 0 Å². The van der Waals surface area contributed by atoms with Gasteiger partial charge in [-0.05, 0) is 94.0 Å². The zero-order chi connectivity index (χ0) is 34.4. The van der Waals surface area contributed by atoms with Crippen molar-refractivity contribution in [1.29, 1.82) is 0 Å². The van der Waals surface area contributed by atoms with E-state index < -0.39 is 23.3 Å². The van der Waals surface area contributed by atoms with E-state index >= 15 is 0 Å². The second kappa shape index (κ2) is 12.0. The first-order chi connectivity index (χ1) is 24.4. The standard InChI is InChI=1S/C42H26O8/c1-47-39(44)32-16-12-28(20-25(32)24-43)48-30-14-18-37-34(21-30)35-22-31(49-29-13-17-33-36(23-29)41(46)50-40(33)45)15-19-38(35)42(37,26-8-4-2-5-9-26)27-10-6-3-7-11-27/h2-24H,1H3. The minimum absolute atomic E-state index is 0.146. The molecule has 50 heavy (non-hydrogen) atoms. The first-order valence-electron chi connectivity index (χ1n) is 15.7. The molecular formula is C42H26O8. The Balaban J connectivity index is 1.27. The Morgan fingerprint density at radius 1 is 0.580 bits per heavy atom. The predicted molar refractivity (Wildman–Crippen MR) is 183 cm³/mol. The van der Waals surface area contributed by atoms with Crippen molar-refractivity contribution in [2.75, 3.05) is 7.11 Å². The van der Waals surface area contributed by atoms with E-state index in [-0.39, 0.29) is 22.3 Å². The molecule has 0 unspecified atom stereocenters. The van der Waals surface area contributed by atoms with Gasteiger partial charge in [-0.25, -0.2) is 14.4 Å². The van der Waals surface area contributed by atoms with Crippen LogP contribution < -0.4 is 9.47 Å². The van der Waals surface area contributed by atoms with Crippen LogP contribution in [0.2, 0.25) is 0 Å². The van der Waals surface area contributed by atoms with Crippen LogP contribution >= 0.6 is 0 Å². The normalized spacial score (nSPS) is 13.5. The van der Waals surface area contributed by atoms with Crippen molar-refractivity contribution in [3.8, 4) is 34.1 Å². The van der Waals surface area contributed by atoms with Gasteiger partial charge in [0.2, 0.25) is 0 Å². The Bertz CT molecular complexity index is 2320. The van der Waals surface area contributed by atoms with Gasteiger partial charge in [-0.3, -0.25) is 4.79 Å². The zero-order valence-corrected chi connectivity index (χ0v) is 26.5. The highest BCUT2D eigenvalue weighted by Crippen LogP contribution is 2.57. The molecule has 1 heterocycles. The highest BCUT2D eigenvalue weighted by atomic mass is 16.6. The summed E-state index contributed by atoms with van der Waals surface area (Å²) < 4.78 is 22.1. The number of hydrogen-bond donors (Lipinski definition) is 0. The molecule has 0 fully saturated rings. The van der Waals surface area contributed by atoms with Gasteiger partial charge in [0.15, 0.2) is 6.29 Å². The Hall–Kier alpha value is -6.80. The highest BCUT2D eigenvalue weighted by Gasteiger charge is 2.46. The molecule has 0 atom stereocenters. The molecule has 0 saturated heterocycles. The maximum atomic E-state index is 12.2. The quantitative estimate of drug-likeness (QED) is 0.0909. The molecule has 1 aliphatic carbocycles. The number of methoxy groups -OCH3 is 1. The van der Waals surface area contributed by atoms with Crippen LogP contribution in [-0.2, 0) is 14.9 Å². The van der Waals surface area contributed by atoms with Gasteiger partial charge in [0.05, 0.1) is 29.2 Å². The second-order valence-electron chi connectivity index (χ2n) is 11.8. The van der Waals surface area contributed by atoms with Crippen molar-refractivity contribution in [2.45, 2.75) is 5.41 Å². The molecule has 0 bridgehead atoms. The summed E-state index contributed by atoms with van der Waals surface area (Å²) in [6, 6.07) is 41.7. The van der Waals surface area contributed by atoms with Gasteiger partial charge < -0.3 is 18.9 Å². The van der Waals surface area contributed by atoms with Crippen molar-refractivity contribution in [2.24, 2.45) is 0 Å². The number of esters is 3. The number of cyclic esters (lactones) is 2. The maximum absolute atomic E-state index is 12.2. The van der Waals surface area contributed by atoms with Gasteiger partial charge in [0.1, 0.15) is 23.0 Å². The fourth-order valence-corrected chi connectivity index (χ4v) is 6.98. The number of benzene rings is 6. The van der Waals surface area contributed by atoms with Gasteiger partial charge >= 0.3 is 17.9 Å². The number of fused-ring (bicyclic) bond motifs is 4. The van der Waals surface area contributed by atoms with Gasteiger partial charge in [0, 0.05) is 5.56 Å². The van der Waals surface area contributed by atoms with Gasteiger partial charge in [-0.1, -0.05) is 72.8 Å². The van der Waals surface area contributed by atoms with E-state index in [0.717, 1.165) is 33.4 Å². The van der Waals surface area contributed by atoms with Crippen LogP contribution in [-0.4, -0.2) is 31.3 Å². The molecule has 242 valence electrons. The van der Waals surface area contributed by atoms with E-state index in [0.29, 0.717) is 29.3 Å². The molecule has 8 rings (SSSR count). The minimum Gasteiger partial charge on any atom is -0.465 e. The SMILES string of the molecule is COC(=O)c1ccc(Oc2ccc3c(c2)-c2cc(Oc4ccc5c(c4)C(=O)OC5=O)ccc2C3(c2ccccc2)c2ccccc2)cc1C=O. The number of rotatable bonds is 8. The molecule has 8 heteroatoms. The Morgan fingerprint density at radius 2 is 1.06 bits per heavy atom. The molecule has 0 amide bonds.